The predicted molar refractivity (Wildman–Crippen MR) is 119 cm³/mol. The van der Waals surface area contributed by atoms with E-state index < -0.39 is 5.97 Å². The Labute approximate surface area is 183 Å². The minimum Gasteiger partial charge on any atom is -0.478 e. The molecule has 3 rings (SSSR count). The first-order chi connectivity index (χ1) is 14.4. The maximum absolute atomic E-state index is 11.4. The molecule has 0 saturated carbocycles. The number of rotatable bonds is 9. The second-order valence-corrected chi connectivity index (χ2v) is 8.17. The zero-order valence-corrected chi connectivity index (χ0v) is 18.4. The summed E-state index contributed by atoms with van der Waals surface area (Å²) in [7, 11) is 3.67. The molecule has 1 N–H and O–H groups in total. The van der Waals surface area contributed by atoms with Gasteiger partial charge in [-0.25, -0.2) is 4.79 Å². The number of likely N-dealkylation sites (tertiary alicyclic amines) is 1. The normalized spacial score (nSPS) is 17.8. The predicted octanol–water partition coefficient (Wildman–Crippen LogP) is 4.22. The van der Waals surface area contributed by atoms with E-state index in [0.717, 1.165) is 42.9 Å². The van der Waals surface area contributed by atoms with Gasteiger partial charge in [0.05, 0.1) is 17.7 Å². The van der Waals surface area contributed by atoms with Crippen molar-refractivity contribution >= 4 is 23.3 Å². The molecule has 0 unspecified atom stereocenters. The van der Waals surface area contributed by atoms with Crippen LogP contribution < -0.4 is 4.90 Å². The number of methoxy groups -OCH3 is 1. The van der Waals surface area contributed by atoms with Gasteiger partial charge in [0.2, 0.25) is 0 Å². The van der Waals surface area contributed by atoms with E-state index in [2.05, 4.69) is 15.9 Å². The maximum atomic E-state index is 11.4. The Balaban J connectivity index is 1.83. The third-order valence-corrected chi connectivity index (χ3v) is 5.87. The van der Waals surface area contributed by atoms with Gasteiger partial charge in [-0.15, -0.1) is 0 Å². The Kier molecular flexibility index (Phi) is 7.72. The number of halogens is 1. The molecular formula is C23H29ClN2O4. The summed E-state index contributed by atoms with van der Waals surface area (Å²) in [6.07, 6.45) is 1.15. The second-order valence-electron chi connectivity index (χ2n) is 7.73. The highest BCUT2D eigenvalue weighted by atomic mass is 35.5. The van der Waals surface area contributed by atoms with Gasteiger partial charge in [0.1, 0.15) is 6.79 Å². The summed E-state index contributed by atoms with van der Waals surface area (Å²) < 4.78 is 10.8. The minimum absolute atomic E-state index is 0.0555. The number of likely N-dealkylation sites (N-methyl/N-ethyl adjacent to an activating group) is 1. The molecular weight excluding hydrogens is 404 g/mol. The van der Waals surface area contributed by atoms with Crippen molar-refractivity contribution in [2.24, 2.45) is 0 Å². The van der Waals surface area contributed by atoms with Crippen LogP contribution in [-0.2, 0) is 9.47 Å². The quantitative estimate of drug-likeness (QED) is 0.598. The summed E-state index contributed by atoms with van der Waals surface area (Å²) in [5.74, 6) is -0.910. The highest BCUT2D eigenvalue weighted by Crippen LogP contribution is 2.30. The fourth-order valence-corrected chi connectivity index (χ4v) is 4.16. The molecule has 0 spiro atoms. The molecule has 1 fully saturated rings. The summed E-state index contributed by atoms with van der Waals surface area (Å²) in [5, 5.41) is 10.0. The zero-order valence-electron chi connectivity index (χ0n) is 17.7. The van der Waals surface area contributed by atoms with Crippen LogP contribution in [0.2, 0.25) is 5.02 Å². The number of nitrogens with zero attached hydrogens (tertiary/aromatic N) is 2. The molecule has 2 aromatic carbocycles. The van der Waals surface area contributed by atoms with Gasteiger partial charge in [0.25, 0.3) is 0 Å². The van der Waals surface area contributed by atoms with Gasteiger partial charge in [0.15, 0.2) is 0 Å². The number of carboxylic acid groups (broad SMARTS) is 1. The van der Waals surface area contributed by atoms with E-state index in [9.17, 15) is 9.90 Å². The Morgan fingerprint density at radius 2 is 2.13 bits per heavy atom. The molecule has 0 aliphatic carbocycles. The van der Waals surface area contributed by atoms with Crippen LogP contribution in [-0.4, -0.2) is 62.7 Å². The fraction of sp³-hybridized carbons (Fsp3) is 0.435. The van der Waals surface area contributed by atoms with E-state index in [1.165, 1.54) is 0 Å². The van der Waals surface area contributed by atoms with Gasteiger partial charge < -0.3 is 19.5 Å². The van der Waals surface area contributed by atoms with E-state index >= 15 is 0 Å². The first kappa shape index (κ1) is 22.6. The first-order valence-electron chi connectivity index (χ1n) is 10.0. The third-order valence-electron chi connectivity index (χ3n) is 5.63. The fourth-order valence-electron chi connectivity index (χ4n) is 3.96. The SMILES string of the molecule is COCO[C@H]1CCN(C[C@H](c2cccc(Cl)c2)N(C)c2ccc(C(=O)O)c(C)c2)C1. The molecule has 1 saturated heterocycles. The number of carboxylic acids is 1. The van der Waals surface area contributed by atoms with Gasteiger partial charge >= 0.3 is 5.97 Å². The summed E-state index contributed by atoms with van der Waals surface area (Å²) in [6, 6.07) is 13.4. The molecule has 0 amide bonds. The van der Waals surface area contributed by atoms with Gasteiger partial charge in [-0.2, -0.15) is 0 Å². The molecule has 0 radical (unpaired) electrons. The summed E-state index contributed by atoms with van der Waals surface area (Å²) in [4.78, 5) is 16.0. The molecule has 1 aliphatic rings. The molecule has 162 valence electrons. The molecule has 2 atom stereocenters. The van der Waals surface area contributed by atoms with E-state index in [1.54, 1.807) is 13.2 Å². The van der Waals surface area contributed by atoms with Gasteiger partial charge in [-0.05, 0) is 54.8 Å². The molecule has 0 aromatic heterocycles. The molecule has 6 nitrogen and oxygen atoms in total. The van der Waals surface area contributed by atoms with Crippen molar-refractivity contribution in [2.75, 3.05) is 45.5 Å². The third kappa shape index (κ3) is 5.52. The largest absolute Gasteiger partial charge is 0.478 e. The van der Waals surface area contributed by atoms with E-state index in [-0.39, 0.29) is 12.1 Å². The summed E-state index contributed by atoms with van der Waals surface area (Å²) in [5.41, 5.74) is 3.15. The van der Waals surface area contributed by atoms with Crippen LogP contribution in [0, 0.1) is 6.92 Å². The smallest absolute Gasteiger partial charge is 0.335 e. The number of benzene rings is 2. The van der Waals surface area contributed by atoms with E-state index in [4.69, 9.17) is 21.1 Å². The van der Waals surface area contributed by atoms with Crippen molar-refractivity contribution < 1.29 is 19.4 Å². The Bertz CT molecular complexity index is 876. The van der Waals surface area contributed by atoms with Crippen LogP contribution in [0.4, 0.5) is 5.69 Å². The zero-order chi connectivity index (χ0) is 21.7. The highest BCUT2D eigenvalue weighted by Gasteiger charge is 2.28. The number of aromatic carboxylic acids is 1. The number of carbonyl (C=O) groups is 1. The maximum Gasteiger partial charge on any atom is 0.335 e. The Hall–Kier alpha value is -2.12. The monoisotopic (exact) mass is 432 g/mol. The van der Waals surface area contributed by atoms with Crippen molar-refractivity contribution in [2.45, 2.75) is 25.5 Å². The number of hydrogen-bond donors (Lipinski definition) is 1. The topological polar surface area (TPSA) is 62.2 Å². The average Bonchev–Trinajstić information content (AvgIpc) is 3.17. The van der Waals surface area contributed by atoms with Crippen LogP contribution in [0.3, 0.4) is 0 Å². The van der Waals surface area contributed by atoms with E-state index in [0.29, 0.717) is 17.4 Å². The van der Waals surface area contributed by atoms with Crippen LogP contribution in [0.15, 0.2) is 42.5 Å². The van der Waals surface area contributed by atoms with Crippen molar-refractivity contribution in [3.63, 3.8) is 0 Å². The number of ether oxygens (including phenoxy) is 2. The van der Waals surface area contributed by atoms with Crippen LogP contribution >= 0.6 is 11.6 Å². The lowest BCUT2D eigenvalue weighted by atomic mass is 10.0. The standard InChI is InChI=1S/C23H29ClN2O4/c1-16-11-19(7-8-21(16)23(27)28)25(2)22(17-5-4-6-18(24)12-17)14-26-10-9-20(13-26)30-15-29-3/h4-8,11-12,20,22H,9-10,13-15H2,1-3H3,(H,27,28)/t20-,22+/m0/s1. The van der Waals surface area contributed by atoms with E-state index in [1.807, 2.05) is 44.3 Å². The average molecular weight is 433 g/mol. The van der Waals surface area contributed by atoms with Crippen LogP contribution in [0.25, 0.3) is 0 Å². The van der Waals surface area contributed by atoms with Gasteiger partial charge in [-0.3, -0.25) is 4.90 Å². The van der Waals surface area contributed by atoms with Crippen LogP contribution in [0.5, 0.6) is 0 Å². The molecule has 30 heavy (non-hydrogen) atoms. The van der Waals surface area contributed by atoms with Gasteiger partial charge in [-0.1, -0.05) is 23.7 Å². The minimum atomic E-state index is -0.910. The lowest BCUT2D eigenvalue weighted by molar-refractivity contribution is -0.0671. The number of hydrogen-bond acceptors (Lipinski definition) is 5. The molecule has 1 aliphatic heterocycles. The molecule has 2 aromatic rings. The summed E-state index contributed by atoms with van der Waals surface area (Å²) in [6.45, 7) is 4.75. The lowest BCUT2D eigenvalue weighted by Gasteiger charge is -2.34. The molecule has 7 heteroatoms. The lowest BCUT2D eigenvalue weighted by Crippen LogP contribution is -2.36. The molecule has 1 heterocycles. The van der Waals surface area contributed by atoms with Crippen molar-refractivity contribution in [1.82, 2.24) is 4.90 Å². The van der Waals surface area contributed by atoms with Crippen LogP contribution in [0.1, 0.15) is 33.9 Å². The van der Waals surface area contributed by atoms with Crippen molar-refractivity contribution in [3.8, 4) is 0 Å². The van der Waals surface area contributed by atoms with Crippen molar-refractivity contribution in [1.29, 1.82) is 0 Å². The number of aryl methyl sites for hydroxylation is 1. The Morgan fingerprint density at radius 3 is 2.80 bits per heavy atom. The molecule has 0 bridgehead atoms. The first-order valence-corrected chi connectivity index (χ1v) is 10.4. The Morgan fingerprint density at radius 1 is 1.33 bits per heavy atom. The second kappa shape index (κ2) is 10.3. The summed E-state index contributed by atoms with van der Waals surface area (Å²) >= 11 is 6.29. The van der Waals surface area contributed by atoms with Gasteiger partial charge in [0, 0.05) is 44.5 Å². The highest BCUT2D eigenvalue weighted by molar-refractivity contribution is 6.30. The number of anilines is 1. The van der Waals surface area contributed by atoms with Crippen molar-refractivity contribution in [3.05, 3.63) is 64.2 Å².